The zero-order valence-corrected chi connectivity index (χ0v) is 19.5. The summed E-state index contributed by atoms with van der Waals surface area (Å²) < 4.78 is 2.00. The fourth-order valence-corrected chi connectivity index (χ4v) is 3.47. The number of halogens is 1. The van der Waals surface area contributed by atoms with Gasteiger partial charge in [-0.15, -0.1) is 24.0 Å². The van der Waals surface area contributed by atoms with Crippen molar-refractivity contribution in [1.29, 1.82) is 0 Å². The van der Waals surface area contributed by atoms with E-state index in [-0.39, 0.29) is 24.0 Å². The Labute approximate surface area is 193 Å². The first kappa shape index (κ1) is 21.9. The number of nitrogens with zero attached hydrogens (tertiary/aromatic N) is 8. The molecule has 4 heterocycles. The van der Waals surface area contributed by atoms with E-state index in [4.69, 9.17) is 0 Å². The SMILES string of the molecule is CN=C(NCc1cccnc1-n1ccnc1C)N1CCN(c2ncccn2)CC1.I. The summed E-state index contributed by atoms with van der Waals surface area (Å²) in [7, 11) is 1.82. The molecule has 3 aromatic heterocycles. The van der Waals surface area contributed by atoms with Crippen molar-refractivity contribution in [3.05, 3.63) is 60.6 Å². The van der Waals surface area contributed by atoms with E-state index in [1.165, 1.54) is 0 Å². The molecule has 158 valence electrons. The minimum atomic E-state index is 0. The number of piperazine rings is 1. The van der Waals surface area contributed by atoms with Gasteiger partial charge in [-0.05, 0) is 19.1 Å². The maximum absolute atomic E-state index is 4.55. The Balaban J connectivity index is 0.00000256. The molecule has 10 heteroatoms. The predicted molar refractivity (Wildman–Crippen MR) is 128 cm³/mol. The highest BCUT2D eigenvalue weighted by atomic mass is 127. The van der Waals surface area contributed by atoms with Crippen molar-refractivity contribution in [1.82, 2.24) is 34.7 Å². The number of imidazole rings is 1. The summed E-state index contributed by atoms with van der Waals surface area (Å²) in [5.74, 6) is 3.46. The van der Waals surface area contributed by atoms with Gasteiger partial charge in [0, 0.05) is 76.3 Å². The van der Waals surface area contributed by atoms with E-state index < -0.39 is 0 Å². The molecule has 0 radical (unpaired) electrons. The normalized spacial score (nSPS) is 14.4. The second-order valence-corrected chi connectivity index (χ2v) is 6.75. The second-order valence-electron chi connectivity index (χ2n) is 6.75. The highest BCUT2D eigenvalue weighted by Crippen LogP contribution is 2.14. The third-order valence-electron chi connectivity index (χ3n) is 4.98. The Morgan fingerprint density at radius 1 is 1.00 bits per heavy atom. The van der Waals surface area contributed by atoms with Crippen molar-refractivity contribution in [3.63, 3.8) is 0 Å². The smallest absolute Gasteiger partial charge is 0.225 e. The topological polar surface area (TPSA) is 87.4 Å². The van der Waals surface area contributed by atoms with E-state index in [0.29, 0.717) is 6.54 Å². The lowest BCUT2D eigenvalue weighted by molar-refractivity contribution is 0.370. The molecule has 0 amide bonds. The number of hydrogen-bond acceptors (Lipinski definition) is 6. The van der Waals surface area contributed by atoms with Gasteiger partial charge in [0.25, 0.3) is 0 Å². The summed E-state index contributed by atoms with van der Waals surface area (Å²) in [5.41, 5.74) is 1.09. The molecule has 4 rings (SSSR count). The van der Waals surface area contributed by atoms with Gasteiger partial charge >= 0.3 is 0 Å². The molecule has 0 spiro atoms. The average molecular weight is 519 g/mol. The number of anilines is 1. The molecule has 0 aromatic carbocycles. The van der Waals surface area contributed by atoms with Crippen LogP contribution in [-0.2, 0) is 6.54 Å². The Hall–Kier alpha value is -2.76. The first-order valence-corrected chi connectivity index (χ1v) is 9.68. The van der Waals surface area contributed by atoms with Gasteiger partial charge < -0.3 is 15.1 Å². The number of aromatic nitrogens is 5. The van der Waals surface area contributed by atoms with E-state index >= 15 is 0 Å². The molecule has 1 aliphatic rings. The fraction of sp³-hybridized carbons (Fsp3) is 0.350. The van der Waals surface area contributed by atoms with E-state index in [1.54, 1.807) is 24.8 Å². The molecular formula is C20H26IN9. The Morgan fingerprint density at radius 3 is 2.40 bits per heavy atom. The van der Waals surface area contributed by atoms with Crippen molar-refractivity contribution < 1.29 is 0 Å². The van der Waals surface area contributed by atoms with Gasteiger partial charge in [0.2, 0.25) is 5.95 Å². The molecule has 0 bridgehead atoms. The van der Waals surface area contributed by atoms with Crippen LogP contribution in [0, 0.1) is 6.92 Å². The lowest BCUT2D eigenvalue weighted by atomic mass is 10.2. The van der Waals surface area contributed by atoms with E-state index in [0.717, 1.165) is 55.3 Å². The zero-order valence-electron chi connectivity index (χ0n) is 17.1. The van der Waals surface area contributed by atoms with Crippen molar-refractivity contribution in [3.8, 4) is 5.82 Å². The largest absolute Gasteiger partial charge is 0.352 e. The summed E-state index contributed by atoms with van der Waals surface area (Å²) in [6.45, 7) is 6.04. The highest BCUT2D eigenvalue weighted by molar-refractivity contribution is 14.0. The minimum Gasteiger partial charge on any atom is -0.352 e. The number of rotatable bonds is 4. The number of pyridine rings is 1. The molecule has 0 aliphatic carbocycles. The first-order valence-electron chi connectivity index (χ1n) is 9.68. The molecule has 1 aliphatic heterocycles. The maximum atomic E-state index is 4.55. The summed E-state index contributed by atoms with van der Waals surface area (Å²) in [4.78, 5) is 26.5. The molecule has 1 saturated heterocycles. The third kappa shape index (κ3) is 4.86. The van der Waals surface area contributed by atoms with Crippen molar-refractivity contribution in [2.24, 2.45) is 4.99 Å². The zero-order chi connectivity index (χ0) is 20.1. The summed E-state index contributed by atoms with van der Waals surface area (Å²) in [6.07, 6.45) is 9.08. The molecule has 3 aromatic rings. The number of aryl methyl sites for hydroxylation is 1. The molecule has 0 saturated carbocycles. The van der Waals surface area contributed by atoms with Crippen LogP contribution in [0.25, 0.3) is 5.82 Å². The Kier molecular flexibility index (Phi) is 7.55. The van der Waals surface area contributed by atoms with Gasteiger partial charge in [0.05, 0.1) is 0 Å². The number of hydrogen-bond donors (Lipinski definition) is 1. The average Bonchev–Trinajstić information content (AvgIpc) is 3.21. The number of guanidine groups is 1. The van der Waals surface area contributed by atoms with Crippen LogP contribution in [0.2, 0.25) is 0 Å². The minimum absolute atomic E-state index is 0. The quantitative estimate of drug-likeness (QED) is 0.320. The molecular weight excluding hydrogens is 493 g/mol. The van der Waals surface area contributed by atoms with Crippen LogP contribution in [0.4, 0.5) is 5.95 Å². The van der Waals surface area contributed by atoms with Gasteiger partial charge in [-0.2, -0.15) is 0 Å². The molecule has 1 fully saturated rings. The molecule has 9 nitrogen and oxygen atoms in total. The lowest BCUT2D eigenvalue weighted by Gasteiger charge is -2.36. The first-order chi connectivity index (χ1) is 14.3. The lowest BCUT2D eigenvalue weighted by Crippen LogP contribution is -2.52. The van der Waals surface area contributed by atoms with Crippen LogP contribution in [0.5, 0.6) is 0 Å². The van der Waals surface area contributed by atoms with E-state index in [2.05, 4.69) is 46.1 Å². The third-order valence-corrected chi connectivity index (χ3v) is 4.98. The maximum Gasteiger partial charge on any atom is 0.225 e. The summed E-state index contributed by atoms with van der Waals surface area (Å²) in [5, 5.41) is 3.48. The van der Waals surface area contributed by atoms with Crippen LogP contribution >= 0.6 is 24.0 Å². The summed E-state index contributed by atoms with van der Waals surface area (Å²) in [6, 6.07) is 5.87. The van der Waals surface area contributed by atoms with Crippen LogP contribution in [-0.4, -0.2) is 68.6 Å². The van der Waals surface area contributed by atoms with Crippen molar-refractivity contribution in [2.45, 2.75) is 13.5 Å². The Bertz CT molecular complexity index is 965. The Morgan fingerprint density at radius 2 is 1.73 bits per heavy atom. The van der Waals surface area contributed by atoms with Gasteiger partial charge in [-0.3, -0.25) is 9.56 Å². The molecule has 30 heavy (non-hydrogen) atoms. The van der Waals surface area contributed by atoms with Gasteiger partial charge in [-0.1, -0.05) is 6.07 Å². The van der Waals surface area contributed by atoms with Crippen LogP contribution in [0.3, 0.4) is 0 Å². The molecule has 1 N–H and O–H groups in total. The molecule has 0 atom stereocenters. The van der Waals surface area contributed by atoms with Gasteiger partial charge in [0.1, 0.15) is 11.6 Å². The summed E-state index contributed by atoms with van der Waals surface area (Å²) >= 11 is 0. The van der Waals surface area contributed by atoms with Crippen LogP contribution < -0.4 is 10.2 Å². The highest BCUT2D eigenvalue weighted by Gasteiger charge is 2.21. The van der Waals surface area contributed by atoms with Crippen LogP contribution in [0.15, 0.2) is 54.2 Å². The van der Waals surface area contributed by atoms with Gasteiger partial charge in [-0.25, -0.2) is 19.9 Å². The monoisotopic (exact) mass is 519 g/mol. The number of aliphatic imine (C=N–C) groups is 1. The standard InChI is InChI=1S/C20H25N9.HI/c1-16-22-9-10-29(16)18-17(5-3-6-23-18)15-26-19(21-2)27-11-13-28(14-12-27)20-24-7-4-8-25-20;/h3-10H,11-15H2,1-2H3,(H,21,26);1H. The fourth-order valence-electron chi connectivity index (χ4n) is 3.47. The van der Waals surface area contributed by atoms with Crippen LogP contribution in [0.1, 0.15) is 11.4 Å². The van der Waals surface area contributed by atoms with E-state index in [1.807, 2.05) is 36.9 Å². The van der Waals surface area contributed by atoms with E-state index in [9.17, 15) is 0 Å². The van der Waals surface area contributed by atoms with Gasteiger partial charge in [0.15, 0.2) is 5.96 Å². The predicted octanol–water partition coefficient (Wildman–Crippen LogP) is 1.88. The second kappa shape index (κ2) is 10.3. The number of nitrogens with one attached hydrogen (secondary N) is 1. The van der Waals surface area contributed by atoms with Crippen molar-refractivity contribution >= 4 is 35.9 Å². The van der Waals surface area contributed by atoms with Crippen molar-refractivity contribution in [2.75, 3.05) is 38.1 Å². The molecule has 0 unspecified atom stereocenters.